The molecule has 0 amide bonds. The number of likely N-dealkylation sites (tertiary alicyclic amines) is 1. The molecule has 1 heterocycles. The molecule has 0 aromatic heterocycles. The Labute approximate surface area is 190 Å². The first kappa shape index (κ1) is 24.8. The van der Waals surface area contributed by atoms with Crippen molar-refractivity contribution in [3.63, 3.8) is 0 Å². The Balaban J connectivity index is 0.00000392. The monoisotopic (exact) mass is 523 g/mol. The molecule has 158 valence electrons. The first-order chi connectivity index (χ1) is 13.0. The molecule has 1 aromatic carbocycles. The van der Waals surface area contributed by atoms with Crippen molar-refractivity contribution in [3.8, 4) is 5.75 Å². The van der Waals surface area contributed by atoms with Gasteiger partial charge in [0, 0.05) is 24.7 Å². The highest BCUT2D eigenvalue weighted by Gasteiger charge is 2.27. The fourth-order valence-electron chi connectivity index (χ4n) is 3.01. The molecule has 28 heavy (non-hydrogen) atoms. The largest absolute Gasteiger partial charge is 0.489 e. The zero-order valence-electron chi connectivity index (χ0n) is 16.8. The lowest BCUT2D eigenvalue weighted by Crippen LogP contribution is -2.47. The van der Waals surface area contributed by atoms with Crippen LogP contribution in [0.5, 0.6) is 5.75 Å². The molecule has 6 nitrogen and oxygen atoms in total. The third-order valence-electron chi connectivity index (χ3n) is 4.40. The number of aliphatic imine (C=N–C) groups is 1. The predicted molar refractivity (Wildman–Crippen MR) is 124 cm³/mol. The second-order valence-electron chi connectivity index (χ2n) is 6.59. The van der Waals surface area contributed by atoms with E-state index in [1.54, 1.807) is 0 Å². The van der Waals surface area contributed by atoms with Gasteiger partial charge in [-0.1, -0.05) is 11.6 Å². The highest BCUT2D eigenvalue weighted by molar-refractivity contribution is 14.0. The number of nitrogens with one attached hydrogen (secondary N) is 1. The number of hydrogen-bond donors (Lipinski definition) is 1. The molecule has 0 bridgehead atoms. The molecule has 8 heteroatoms. The number of carbonyl (C=O) groups is 1. The van der Waals surface area contributed by atoms with Gasteiger partial charge in [-0.15, -0.1) is 24.0 Å². The summed E-state index contributed by atoms with van der Waals surface area (Å²) in [5, 5.41) is 4.02. The van der Waals surface area contributed by atoms with Crippen molar-refractivity contribution in [2.75, 3.05) is 32.8 Å². The second-order valence-corrected chi connectivity index (χ2v) is 7.03. The van der Waals surface area contributed by atoms with Crippen molar-refractivity contribution in [1.29, 1.82) is 0 Å². The Kier molecular flexibility index (Phi) is 11.6. The molecule has 1 aliphatic heterocycles. The molecule has 1 fully saturated rings. The number of carbonyl (C=O) groups excluding carboxylic acids is 1. The lowest BCUT2D eigenvalue weighted by Gasteiger charge is -2.33. The molecule has 1 aromatic rings. The van der Waals surface area contributed by atoms with E-state index in [0.29, 0.717) is 18.2 Å². The maximum atomic E-state index is 11.9. The topological polar surface area (TPSA) is 63.2 Å². The molecule has 0 spiro atoms. The standard InChI is InChI=1S/C20H30ClN3O3.HI/c1-4-22-20(24-12-10-16(11-13-24)19(25)26-5-2)23-14-15(3)27-18-8-6-17(21)7-9-18;/h6-9,15-16H,4-5,10-14H2,1-3H3,(H,22,23);1H. The molecule has 0 saturated carbocycles. The summed E-state index contributed by atoms with van der Waals surface area (Å²) in [7, 11) is 0. The van der Waals surface area contributed by atoms with Crippen molar-refractivity contribution in [2.45, 2.75) is 39.7 Å². The van der Waals surface area contributed by atoms with E-state index in [4.69, 9.17) is 26.1 Å². The summed E-state index contributed by atoms with van der Waals surface area (Å²) in [4.78, 5) is 18.8. The summed E-state index contributed by atoms with van der Waals surface area (Å²) in [6.07, 6.45) is 1.53. The van der Waals surface area contributed by atoms with Crippen molar-refractivity contribution < 1.29 is 14.3 Å². The number of benzene rings is 1. The SMILES string of the molecule is CCNC(=NCC(C)Oc1ccc(Cl)cc1)N1CCC(C(=O)OCC)CC1.I. The zero-order chi connectivity index (χ0) is 19.6. The van der Waals surface area contributed by atoms with Crippen LogP contribution in [0.4, 0.5) is 0 Å². The minimum Gasteiger partial charge on any atom is -0.489 e. The molecule has 1 atom stereocenters. The van der Waals surface area contributed by atoms with Crippen LogP contribution in [0.1, 0.15) is 33.6 Å². The quantitative estimate of drug-likeness (QED) is 0.254. The summed E-state index contributed by atoms with van der Waals surface area (Å²) in [5.41, 5.74) is 0. The van der Waals surface area contributed by atoms with Gasteiger partial charge in [0.1, 0.15) is 11.9 Å². The van der Waals surface area contributed by atoms with Gasteiger partial charge in [0.05, 0.1) is 19.1 Å². The fraction of sp³-hybridized carbons (Fsp3) is 0.600. The fourth-order valence-corrected chi connectivity index (χ4v) is 3.14. The number of rotatable bonds is 7. The average Bonchev–Trinajstić information content (AvgIpc) is 2.67. The van der Waals surface area contributed by atoms with Crippen molar-refractivity contribution in [2.24, 2.45) is 10.9 Å². The number of nitrogens with zero attached hydrogens (tertiary/aromatic N) is 2. The van der Waals surface area contributed by atoms with Crippen molar-refractivity contribution >= 4 is 47.5 Å². The van der Waals surface area contributed by atoms with Crippen LogP contribution in [-0.4, -0.2) is 55.7 Å². The van der Waals surface area contributed by atoms with Gasteiger partial charge in [0.25, 0.3) is 0 Å². The van der Waals surface area contributed by atoms with E-state index in [9.17, 15) is 4.79 Å². The van der Waals surface area contributed by atoms with E-state index in [1.165, 1.54) is 0 Å². The number of ether oxygens (including phenoxy) is 2. The molecular formula is C20H31ClIN3O3. The van der Waals surface area contributed by atoms with E-state index in [2.05, 4.69) is 17.1 Å². The first-order valence-electron chi connectivity index (χ1n) is 9.65. The number of guanidine groups is 1. The van der Waals surface area contributed by atoms with E-state index in [1.807, 2.05) is 38.1 Å². The van der Waals surface area contributed by atoms with Crippen LogP contribution in [0.3, 0.4) is 0 Å². The van der Waals surface area contributed by atoms with Gasteiger partial charge < -0.3 is 19.7 Å². The van der Waals surface area contributed by atoms with Crippen LogP contribution in [0.2, 0.25) is 5.02 Å². The highest BCUT2D eigenvalue weighted by atomic mass is 127. The molecule has 1 aliphatic rings. The minimum atomic E-state index is -0.0796. The van der Waals surface area contributed by atoms with Crippen molar-refractivity contribution in [1.82, 2.24) is 10.2 Å². The Morgan fingerprint density at radius 3 is 2.50 bits per heavy atom. The third kappa shape index (κ3) is 8.03. The number of hydrogen-bond acceptors (Lipinski definition) is 4. The summed E-state index contributed by atoms with van der Waals surface area (Å²) >= 11 is 5.90. The highest BCUT2D eigenvalue weighted by Crippen LogP contribution is 2.19. The van der Waals surface area contributed by atoms with Crippen LogP contribution < -0.4 is 10.1 Å². The molecule has 2 rings (SSSR count). The van der Waals surface area contributed by atoms with Gasteiger partial charge in [0.2, 0.25) is 0 Å². The van der Waals surface area contributed by atoms with Crippen LogP contribution in [-0.2, 0) is 9.53 Å². The predicted octanol–water partition coefficient (Wildman–Crippen LogP) is 3.97. The van der Waals surface area contributed by atoms with Crippen molar-refractivity contribution in [3.05, 3.63) is 29.3 Å². The maximum absolute atomic E-state index is 11.9. The summed E-state index contributed by atoms with van der Waals surface area (Å²) in [6.45, 7) is 9.25. The van der Waals surface area contributed by atoms with Crippen LogP contribution in [0, 0.1) is 5.92 Å². The van der Waals surface area contributed by atoms with Gasteiger partial charge in [-0.25, -0.2) is 4.99 Å². The Morgan fingerprint density at radius 2 is 1.93 bits per heavy atom. The Hall–Kier alpha value is -1.22. The first-order valence-corrected chi connectivity index (χ1v) is 10.0. The second kappa shape index (κ2) is 13.1. The van der Waals surface area contributed by atoms with E-state index < -0.39 is 0 Å². The molecule has 1 unspecified atom stereocenters. The van der Waals surface area contributed by atoms with Gasteiger partial charge >= 0.3 is 5.97 Å². The molecular weight excluding hydrogens is 493 g/mol. The van der Waals surface area contributed by atoms with E-state index >= 15 is 0 Å². The number of halogens is 2. The van der Waals surface area contributed by atoms with Gasteiger partial charge in [-0.2, -0.15) is 0 Å². The maximum Gasteiger partial charge on any atom is 0.309 e. The van der Waals surface area contributed by atoms with Crippen LogP contribution in [0.15, 0.2) is 29.3 Å². The van der Waals surface area contributed by atoms with Gasteiger partial charge in [-0.3, -0.25) is 4.79 Å². The third-order valence-corrected chi connectivity index (χ3v) is 4.65. The van der Waals surface area contributed by atoms with E-state index in [0.717, 1.165) is 44.2 Å². The molecule has 1 N–H and O–H groups in total. The normalized spacial score (nSPS) is 16.1. The van der Waals surface area contributed by atoms with Gasteiger partial charge in [-0.05, 0) is 57.9 Å². The Bertz CT molecular complexity index is 620. The van der Waals surface area contributed by atoms with Gasteiger partial charge in [0.15, 0.2) is 5.96 Å². The molecule has 0 radical (unpaired) electrons. The summed E-state index contributed by atoms with van der Waals surface area (Å²) < 4.78 is 11.0. The number of esters is 1. The lowest BCUT2D eigenvalue weighted by molar-refractivity contribution is -0.149. The smallest absolute Gasteiger partial charge is 0.309 e. The molecule has 0 aliphatic carbocycles. The average molecular weight is 524 g/mol. The molecule has 1 saturated heterocycles. The van der Waals surface area contributed by atoms with Crippen LogP contribution in [0.25, 0.3) is 0 Å². The number of piperidine rings is 1. The summed E-state index contributed by atoms with van der Waals surface area (Å²) in [6, 6.07) is 7.33. The lowest BCUT2D eigenvalue weighted by atomic mass is 9.97. The van der Waals surface area contributed by atoms with E-state index in [-0.39, 0.29) is 42.0 Å². The summed E-state index contributed by atoms with van der Waals surface area (Å²) in [5.74, 6) is 1.56. The minimum absolute atomic E-state index is 0. The zero-order valence-corrected chi connectivity index (χ0v) is 19.9. The van der Waals surface area contributed by atoms with Crippen LogP contribution >= 0.6 is 35.6 Å². The Morgan fingerprint density at radius 1 is 1.29 bits per heavy atom.